The molecule has 0 bridgehead atoms. The largest absolute Gasteiger partial charge is 0.508 e. The van der Waals surface area contributed by atoms with Gasteiger partial charge in [-0.1, -0.05) is 18.2 Å². The Bertz CT molecular complexity index is 1300. The van der Waals surface area contributed by atoms with Gasteiger partial charge in [0.05, 0.1) is 24.8 Å². The van der Waals surface area contributed by atoms with Gasteiger partial charge in [0.2, 0.25) is 0 Å². The SMILES string of the molecule is COC(=O)CCCCOc1cc(O)cc2c1C1(OC(=O)c3ccccc31)c1ccc(O)cc1O2. The molecule has 2 aliphatic rings. The molecule has 1 atom stereocenters. The zero-order chi connectivity index (χ0) is 23.9. The highest BCUT2D eigenvalue weighted by atomic mass is 16.6. The minimum atomic E-state index is -1.39. The van der Waals surface area contributed by atoms with Crippen LogP contribution in [0.15, 0.2) is 54.6 Å². The molecule has 1 unspecified atom stereocenters. The minimum Gasteiger partial charge on any atom is -0.508 e. The highest BCUT2D eigenvalue weighted by molar-refractivity contribution is 5.97. The average molecular weight is 462 g/mol. The van der Waals surface area contributed by atoms with Crippen LogP contribution in [0, 0.1) is 0 Å². The van der Waals surface area contributed by atoms with Gasteiger partial charge in [0.1, 0.15) is 28.7 Å². The number of carbonyl (C=O) groups excluding carboxylic acids is 2. The van der Waals surface area contributed by atoms with Crippen molar-refractivity contribution >= 4 is 11.9 Å². The molecule has 2 heterocycles. The lowest BCUT2D eigenvalue weighted by Crippen LogP contribution is -2.33. The van der Waals surface area contributed by atoms with Gasteiger partial charge in [-0.05, 0) is 31.0 Å². The molecule has 2 N–H and O–H groups in total. The summed E-state index contributed by atoms with van der Waals surface area (Å²) in [5, 5.41) is 20.4. The number of hydrogen-bond donors (Lipinski definition) is 2. The van der Waals surface area contributed by atoms with Crippen molar-refractivity contribution in [1.29, 1.82) is 0 Å². The standard InChI is InChI=1S/C26H22O8/c1-31-23(29)8-4-5-11-32-21-13-16(28)14-22-24(21)26(19-10-9-15(27)12-20(19)33-22)18-7-3-2-6-17(18)25(30)34-26/h2-3,6-7,9-10,12-14,27-28H,4-5,8,11H2,1H3. The van der Waals surface area contributed by atoms with Crippen LogP contribution in [0.4, 0.5) is 0 Å². The first-order valence-corrected chi connectivity index (χ1v) is 10.9. The molecule has 0 aliphatic carbocycles. The quantitative estimate of drug-likeness (QED) is 0.410. The average Bonchev–Trinajstić information content (AvgIpc) is 3.10. The Balaban J connectivity index is 1.62. The fourth-order valence-corrected chi connectivity index (χ4v) is 4.52. The molecule has 8 heteroatoms. The van der Waals surface area contributed by atoms with E-state index in [1.165, 1.54) is 31.4 Å². The van der Waals surface area contributed by atoms with Crippen LogP contribution in [-0.2, 0) is 19.9 Å². The maximum Gasteiger partial charge on any atom is 0.340 e. The fourth-order valence-electron chi connectivity index (χ4n) is 4.52. The lowest BCUT2D eigenvalue weighted by Gasteiger charge is -2.37. The van der Waals surface area contributed by atoms with Crippen LogP contribution in [0.25, 0.3) is 0 Å². The third kappa shape index (κ3) is 3.39. The van der Waals surface area contributed by atoms with E-state index in [1.807, 2.05) is 6.07 Å². The van der Waals surface area contributed by atoms with Gasteiger partial charge in [-0.3, -0.25) is 4.79 Å². The lowest BCUT2D eigenvalue weighted by atomic mass is 9.77. The number of carbonyl (C=O) groups is 2. The zero-order valence-electron chi connectivity index (χ0n) is 18.4. The second-order valence-corrected chi connectivity index (χ2v) is 8.10. The van der Waals surface area contributed by atoms with Crippen molar-refractivity contribution in [2.45, 2.75) is 24.9 Å². The smallest absolute Gasteiger partial charge is 0.340 e. The van der Waals surface area contributed by atoms with Gasteiger partial charge >= 0.3 is 11.9 Å². The van der Waals surface area contributed by atoms with Crippen molar-refractivity contribution in [1.82, 2.24) is 0 Å². The van der Waals surface area contributed by atoms with E-state index >= 15 is 0 Å². The summed E-state index contributed by atoms with van der Waals surface area (Å²) in [4.78, 5) is 24.3. The monoisotopic (exact) mass is 462 g/mol. The topological polar surface area (TPSA) is 112 Å². The van der Waals surface area contributed by atoms with E-state index in [9.17, 15) is 19.8 Å². The summed E-state index contributed by atoms with van der Waals surface area (Å²) in [6.45, 7) is 0.251. The van der Waals surface area contributed by atoms with E-state index in [1.54, 1.807) is 24.3 Å². The first-order chi connectivity index (χ1) is 16.4. The van der Waals surface area contributed by atoms with Crippen LogP contribution in [0.3, 0.4) is 0 Å². The molecule has 5 rings (SSSR count). The third-order valence-electron chi connectivity index (χ3n) is 6.00. The van der Waals surface area contributed by atoms with Crippen LogP contribution >= 0.6 is 0 Å². The minimum absolute atomic E-state index is 0.0165. The number of fused-ring (bicyclic) bond motifs is 6. The summed E-state index contributed by atoms with van der Waals surface area (Å²) in [6, 6.07) is 14.5. The summed E-state index contributed by atoms with van der Waals surface area (Å²) >= 11 is 0. The van der Waals surface area contributed by atoms with E-state index in [0.717, 1.165) is 0 Å². The summed E-state index contributed by atoms with van der Waals surface area (Å²) in [7, 11) is 1.34. The van der Waals surface area contributed by atoms with Gasteiger partial charge in [0.15, 0.2) is 5.60 Å². The second kappa shape index (κ2) is 8.30. The van der Waals surface area contributed by atoms with Gasteiger partial charge in [0, 0.05) is 35.7 Å². The lowest BCUT2D eigenvalue weighted by molar-refractivity contribution is -0.140. The third-order valence-corrected chi connectivity index (χ3v) is 6.00. The molecule has 174 valence electrons. The molecule has 0 amide bonds. The van der Waals surface area contributed by atoms with E-state index in [0.29, 0.717) is 40.8 Å². The molecular formula is C26H22O8. The first kappa shape index (κ1) is 21.6. The number of esters is 2. The van der Waals surface area contributed by atoms with Gasteiger partial charge in [0.25, 0.3) is 0 Å². The number of rotatable bonds is 6. The maximum atomic E-state index is 12.9. The number of hydrogen-bond acceptors (Lipinski definition) is 8. The van der Waals surface area contributed by atoms with E-state index < -0.39 is 11.6 Å². The van der Waals surface area contributed by atoms with Crippen molar-refractivity contribution in [3.63, 3.8) is 0 Å². The van der Waals surface area contributed by atoms with Crippen molar-refractivity contribution in [3.8, 4) is 28.7 Å². The van der Waals surface area contributed by atoms with Crippen LogP contribution < -0.4 is 9.47 Å². The highest BCUT2D eigenvalue weighted by Crippen LogP contribution is 2.59. The molecule has 34 heavy (non-hydrogen) atoms. The molecule has 8 nitrogen and oxygen atoms in total. The number of phenolic OH excluding ortho intramolecular Hbond substituents is 2. The van der Waals surface area contributed by atoms with Crippen molar-refractivity contribution in [2.24, 2.45) is 0 Å². The molecule has 0 saturated carbocycles. The van der Waals surface area contributed by atoms with Gasteiger partial charge in [-0.25, -0.2) is 4.79 Å². The molecule has 1 spiro atoms. The number of aromatic hydroxyl groups is 2. The number of benzene rings is 3. The predicted molar refractivity (Wildman–Crippen MR) is 119 cm³/mol. The summed E-state index contributed by atoms with van der Waals surface area (Å²) in [5.74, 6) is -0.0806. The number of unbranched alkanes of at least 4 members (excludes halogenated alkanes) is 1. The molecule has 0 fully saturated rings. The molecule has 3 aromatic carbocycles. The summed E-state index contributed by atoms with van der Waals surface area (Å²) in [5.41, 5.74) is 0.593. The van der Waals surface area contributed by atoms with E-state index in [-0.39, 0.29) is 42.0 Å². The molecule has 2 aliphatic heterocycles. The van der Waals surface area contributed by atoms with Crippen LogP contribution in [0.1, 0.15) is 46.3 Å². The number of phenols is 2. The van der Waals surface area contributed by atoms with Crippen molar-refractivity contribution in [3.05, 3.63) is 76.9 Å². The molecule has 0 aromatic heterocycles. The Morgan fingerprint density at radius 2 is 1.76 bits per heavy atom. The summed E-state index contributed by atoms with van der Waals surface area (Å²) < 4.78 is 22.8. The zero-order valence-corrected chi connectivity index (χ0v) is 18.4. The number of methoxy groups -OCH3 is 1. The van der Waals surface area contributed by atoms with Crippen molar-refractivity contribution < 1.29 is 38.7 Å². The Hall–Kier alpha value is -4.20. The highest BCUT2D eigenvalue weighted by Gasteiger charge is 2.55. The Morgan fingerprint density at radius 3 is 2.59 bits per heavy atom. The Labute approximate surface area is 195 Å². The van der Waals surface area contributed by atoms with Crippen molar-refractivity contribution in [2.75, 3.05) is 13.7 Å². The van der Waals surface area contributed by atoms with Gasteiger partial charge in [-0.2, -0.15) is 0 Å². The Morgan fingerprint density at radius 1 is 0.971 bits per heavy atom. The molecular weight excluding hydrogens is 440 g/mol. The van der Waals surface area contributed by atoms with E-state index in [2.05, 4.69) is 4.74 Å². The van der Waals surface area contributed by atoms with Crippen LogP contribution in [-0.4, -0.2) is 35.9 Å². The van der Waals surface area contributed by atoms with Gasteiger partial charge in [-0.15, -0.1) is 0 Å². The predicted octanol–water partition coefficient (Wildman–Crippen LogP) is 4.39. The molecule has 0 saturated heterocycles. The second-order valence-electron chi connectivity index (χ2n) is 8.10. The maximum absolute atomic E-state index is 12.9. The molecule has 3 aromatic rings. The fraction of sp³-hybridized carbons (Fsp3) is 0.231. The molecule has 0 radical (unpaired) electrons. The summed E-state index contributed by atoms with van der Waals surface area (Å²) in [6.07, 6.45) is 1.40. The van der Waals surface area contributed by atoms with Crippen LogP contribution in [0.2, 0.25) is 0 Å². The first-order valence-electron chi connectivity index (χ1n) is 10.9. The number of ether oxygens (including phenoxy) is 4. The van der Waals surface area contributed by atoms with Crippen LogP contribution in [0.5, 0.6) is 28.7 Å². The Kier molecular flexibility index (Phi) is 5.28. The van der Waals surface area contributed by atoms with E-state index in [4.69, 9.17) is 14.2 Å². The normalized spacial score (nSPS) is 17.3. The van der Waals surface area contributed by atoms with Gasteiger partial charge < -0.3 is 29.2 Å².